The number of hydrogen-bond donors (Lipinski definition) is 0. The standard InChI is InChI=1S/C27H19Cl2N3O3S2/c1-16(33)35-22-12-10-21(11-13-22)32-26(34)25(37-27(32)36)15-31-24(18-4-8-20(29)9-5-18)14-23(30-31)17-2-6-19(28)7-3-17/h2-13,15,24H,14H2,1H3/b25-15-. The minimum Gasteiger partial charge on any atom is -0.427 e. The lowest BCUT2D eigenvalue weighted by Gasteiger charge is -2.21. The number of amides is 1. The van der Waals surface area contributed by atoms with E-state index in [2.05, 4.69) is 0 Å². The van der Waals surface area contributed by atoms with E-state index < -0.39 is 5.97 Å². The van der Waals surface area contributed by atoms with E-state index in [1.807, 2.05) is 53.5 Å². The highest BCUT2D eigenvalue weighted by Crippen LogP contribution is 2.39. The number of nitrogens with zero attached hydrogens (tertiary/aromatic N) is 3. The van der Waals surface area contributed by atoms with E-state index in [9.17, 15) is 9.59 Å². The molecule has 2 aliphatic rings. The van der Waals surface area contributed by atoms with Gasteiger partial charge in [-0.3, -0.25) is 19.5 Å². The van der Waals surface area contributed by atoms with Crippen LogP contribution in [-0.4, -0.2) is 26.9 Å². The van der Waals surface area contributed by atoms with Crippen LogP contribution in [0.15, 0.2) is 89.0 Å². The number of benzene rings is 3. The molecule has 2 heterocycles. The summed E-state index contributed by atoms with van der Waals surface area (Å²) in [6, 6.07) is 21.6. The molecule has 0 saturated carbocycles. The van der Waals surface area contributed by atoms with Crippen LogP contribution >= 0.6 is 47.2 Å². The molecule has 6 nitrogen and oxygen atoms in total. The fourth-order valence-corrected chi connectivity index (χ4v) is 5.57. The van der Waals surface area contributed by atoms with Crippen LogP contribution < -0.4 is 9.64 Å². The van der Waals surface area contributed by atoms with Crippen molar-refractivity contribution in [3.8, 4) is 5.75 Å². The van der Waals surface area contributed by atoms with Crippen molar-refractivity contribution < 1.29 is 14.3 Å². The maximum atomic E-state index is 13.4. The highest BCUT2D eigenvalue weighted by molar-refractivity contribution is 8.27. The number of hydrogen-bond acceptors (Lipinski definition) is 7. The zero-order valence-corrected chi connectivity index (χ0v) is 22.6. The van der Waals surface area contributed by atoms with Crippen molar-refractivity contribution in [3.05, 3.63) is 105 Å². The topological polar surface area (TPSA) is 62.2 Å². The van der Waals surface area contributed by atoms with E-state index in [-0.39, 0.29) is 11.9 Å². The maximum Gasteiger partial charge on any atom is 0.308 e. The molecule has 3 aromatic carbocycles. The summed E-state index contributed by atoms with van der Waals surface area (Å²) in [5.74, 6) is -0.273. The van der Waals surface area contributed by atoms with Crippen molar-refractivity contribution >= 4 is 74.8 Å². The lowest BCUT2D eigenvalue weighted by Crippen LogP contribution is -2.27. The fourth-order valence-electron chi connectivity index (χ4n) is 4.05. The minimum atomic E-state index is -0.416. The number of ether oxygens (including phenoxy) is 1. The Balaban J connectivity index is 1.45. The number of rotatable bonds is 5. The molecule has 0 aliphatic carbocycles. The summed E-state index contributed by atoms with van der Waals surface area (Å²) in [6.07, 6.45) is 2.38. The average molecular weight is 569 g/mol. The molecule has 10 heteroatoms. The van der Waals surface area contributed by atoms with Crippen LogP contribution in [0.5, 0.6) is 5.75 Å². The molecule has 2 aliphatic heterocycles. The Labute approximate surface area is 233 Å². The molecule has 0 radical (unpaired) electrons. The molecule has 1 fully saturated rings. The molecular weight excluding hydrogens is 549 g/mol. The van der Waals surface area contributed by atoms with Gasteiger partial charge in [0.05, 0.1) is 22.3 Å². The van der Waals surface area contributed by atoms with Gasteiger partial charge in [-0.15, -0.1) is 0 Å². The lowest BCUT2D eigenvalue weighted by molar-refractivity contribution is -0.131. The SMILES string of the molecule is CC(=O)Oc1ccc(N2C(=O)/C(=C/N3N=C(c4ccc(Cl)cc4)CC3c3ccc(Cl)cc3)SC2=S)cc1. The third kappa shape index (κ3) is 5.57. The smallest absolute Gasteiger partial charge is 0.308 e. The Morgan fingerprint density at radius 2 is 1.65 bits per heavy atom. The van der Waals surface area contributed by atoms with Crippen LogP contribution in [0.3, 0.4) is 0 Å². The van der Waals surface area contributed by atoms with E-state index in [0.29, 0.717) is 37.1 Å². The first-order chi connectivity index (χ1) is 17.8. The Hall–Kier alpha value is -3.17. The van der Waals surface area contributed by atoms with E-state index in [1.165, 1.54) is 23.6 Å². The lowest BCUT2D eigenvalue weighted by atomic mass is 9.98. The molecule has 37 heavy (non-hydrogen) atoms. The summed E-state index contributed by atoms with van der Waals surface area (Å²) in [7, 11) is 0. The molecule has 3 aromatic rings. The van der Waals surface area contributed by atoms with Gasteiger partial charge in [0.15, 0.2) is 4.32 Å². The highest BCUT2D eigenvalue weighted by Gasteiger charge is 2.36. The van der Waals surface area contributed by atoms with Gasteiger partial charge in [-0.25, -0.2) is 0 Å². The van der Waals surface area contributed by atoms with E-state index in [1.54, 1.807) is 30.5 Å². The van der Waals surface area contributed by atoms with E-state index in [4.69, 9.17) is 45.3 Å². The largest absolute Gasteiger partial charge is 0.427 e. The van der Waals surface area contributed by atoms with Crippen molar-refractivity contribution in [2.45, 2.75) is 19.4 Å². The monoisotopic (exact) mass is 567 g/mol. The van der Waals surface area contributed by atoms with Gasteiger partial charge in [0, 0.05) is 29.6 Å². The number of esters is 1. The molecule has 1 atom stereocenters. The number of carbonyl (C=O) groups excluding carboxylic acids is 2. The second-order valence-electron chi connectivity index (χ2n) is 8.29. The van der Waals surface area contributed by atoms with E-state index in [0.717, 1.165) is 16.8 Å². The first kappa shape index (κ1) is 25.5. The van der Waals surface area contributed by atoms with Crippen molar-refractivity contribution in [1.82, 2.24) is 5.01 Å². The number of carbonyl (C=O) groups is 2. The zero-order valence-electron chi connectivity index (χ0n) is 19.4. The summed E-state index contributed by atoms with van der Waals surface area (Å²) in [6.45, 7) is 1.33. The van der Waals surface area contributed by atoms with Crippen LogP contribution in [0.2, 0.25) is 10.0 Å². The summed E-state index contributed by atoms with van der Waals surface area (Å²) < 4.78 is 5.48. The van der Waals surface area contributed by atoms with Crippen LogP contribution in [0.4, 0.5) is 5.69 Å². The first-order valence-electron chi connectivity index (χ1n) is 11.2. The predicted molar refractivity (Wildman–Crippen MR) is 152 cm³/mol. The summed E-state index contributed by atoms with van der Waals surface area (Å²) in [5.41, 5.74) is 3.44. The zero-order chi connectivity index (χ0) is 26.1. The molecule has 5 rings (SSSR count). The van der Waals surface area contributed by atoms with Crippen molar-refractivity contribution in [3.63, 3.8) is 0 Å². The normalized spacial score (nSPS) is 18.5. The van der Waals surface area contributed by atoms with Crippen LogP contribution in [-0.2, 0) is 9.59 Å². The molecule has 1 unspecified atom stereocenters. The molecule has 0 spiro atoms. The van der Waals surface area contributed by atoms with Crippen LogP contribution in [0.1, 0.15) is 30.5 Å². The molecule has 0 N–H and O–H groups in total. The van der Waals surface area contributed by atoms with Crippen molar-refractivity contribution in [1.29, 1.82) is 0 Å². The van der Waals surface area contributed by atoms with Gasteiger partial charge in [-0.05, 0) is 59.7 Å². The predicted octanol–water partition coefficient (Wildman–Crippen LogP) is 6.98. The van der Waals surface area contributed by atoms with Gasteiger partial charge in [-0.2, -0.15) is 5.10 Å². The van der Waals surface area contributed by atoms with Gasteiger partial charge < -0.3 is 4.74 Å². The second-order valence-corrected chi connectivity index (χ2v) is 10.8. The Morgan fingerprint density at radius 3 is 2.27 bits per heavy atom. The van der Waals surface area contributed by atoms with Crippen molar-refractivity contribution in [2.75, 3.05) is 4.90 Å². The first-order valence-corrected chi connectivity index (χ1v) is 13.2. The molecule has 1 amide bonds. The number of anilines is 1. The molecule has 0 aromatic heterocycles. The average Bonchev–Trinajstić information content (AvgIpc) is 3.41. The molecule has 1 saturated heterocycles. The third-order valence-corrected chi connectivity index (χ3v) is 7.57. The van der Waals surface area contributed by atoms with E-state index >= 15 is 0 Å². The Kier molecular flexibility index (Phi) is 7.35. The van der Waals surface area contributed by atoms with Crippen LogP contribution in [0.25, 0.3) is 0 Å². The van der Waals surface area contributed by atoms with Gasteiger partial charge >= 0.3 is 5.97 Å². The highest BCUT2D eigenvalue weighted by atomic mass is 35.5. The molecule has 0 bridgehead atoms. The maximum absolute atomic E-state index is 13.4. The summed E-state index contributed by atoms with van der Waals surface area (Å²) >= 11 is 18.9. The number of thioether (sulfide) groups is 1. The summed E-state index contributed by atoms with van der Waals surface area (Å²) in [4.78, 5) is 26.5. The van der Waals surface area contributed by atoms with Gasteiger partial charge in [0.1, 0.15) is 5.75 Å². The number of hydrazone groups is 1. The van der Waals surface area contributed by atoms with Crippen molar-refractivity contribution in [2.24, 2.45) is 5.10 Å². The van der Waals surface area contributed by atoms with Gasteiger partial charge in [0.2, 0.25) is 0 Å². The Morgan fingerprint density at radius 1 is 1.03 bits per heavy atom. The molecule has 186 valence electrons. The quantitative estimate of drug-likeness (QED) is 0.143. The Bertz CT molecular complexity index is 1440. The molecular formula is C27H19Cl2N3O3S2. The fraction of sp³-hybridized carbons (Fsp3) is 0.111. The van der Waals surface area contributed by atoms with Gasteiger partial charge in [-0.1, -0.05) is 71.4 Å². The van der Waals surface area contributed by atoms with Gasteiger partial charge in [0.25, 0.3) is 5.91 Å². The number of thiocarbonyl (C=S) groups is 1. The minimum absolute atomic E-state index is 0.130. The number of halogens is 2. The van der Waals surface area contributed by atoms with Crippen LogP contribution in [0, 0.1) is 0 Å². The third-order valence-electron chi connectivity index (χ3n) is 5.77. The summed E-state index contributed by atoms with van der Waals surface area (Å²) in [5, 5.41) is 7.96. The second kappa shape index (κ2) is 10.7.